The van der Waals surface area contributed by atoms with Gasteiger partial charge in [0.2, 0.25) is 0 Å². The fourth-order valence-electron chi connectivity index (χ4n) is 4.07. The first-order chi connectivity index (χ1) is 21.4. The number of esters is 2. The summed E-state index contributed by atoms with van der Waals surface area (Å²) in [4.78, 5) is 23.4. The van der Waals surface area contributed by atoms with Gasteiger partial charge in [0.25, 0.3) is 0 Å². The molecule has 0 aliphatic rings. The molecule has 4 rings (SSSR count). The lowest BCUT2D eigenvalue weighted by molar-refractivity contribution is -0.135. The summed E-state index contributed by atoms with van der Waals surface area (Å²) in [6, 6.07) is 33.7. The van der Waals surface area contributed by atoms with Crippen LogP contribution in [0.5, 0.6) is 0 Å². The molecular weight excluding hydrogens is 582 g/mol. The van der Waals surface area contributed by atoms with E-state index in [2.05, 4.69) is 95.4 Å². The van der Waals surface area contributed by atoms with E-state index in [1.54, 1.807) is 23.9 Å². The molecule has 0 amide bonds. The first-order valence-corrected chi connectivity index (χ1v) is 15.4. The lowest BCUT2D eigenvalue weighted by atomic mass is 10.0. The van der Waals surface area contributed by atoms with Crippen molar-refractivity contribution in [1.29, 1.82) is 0 Å². The Bertz CT molecular complexity index is 1350. The van der Waals surface area contributed by atoms with Crippen molar-refractivity contribution in [3.8, 4) is 0 Å². The third-order valence-electron chi connectivity index (χ3n) is 6.59. The number of benzene rings is 4. The predicted molar refractivity (Wildman–Crippen MR) is 187 cm³/mol. The van der Waals surface area contributed by atoms with Crippen LogP contribution in [0.3, 0.4) is 0 Å². The summed E-state index contributed by atoms with van der Waals surface area (Å²) in [5.41, 5.74) is 8.46. The summed E-state index contributed by atoms with van der Waals surface area (Å²) in [6.45, 7) is 2.16. The first-order valence-electron chi connectivity index (χ1n) is 14.2. The Kier molecular flexibility index (Phi) is 19.1. The van der Waals surface area contributed by atoms with Crippen LogP contribution in [-0.4, -0.2) is 48.0 Å². The highest BCUT2D eigenvalue weighted by molar-refractivity contribution is 7.98. The SMILES string of the molecule is CCc1ccc(Cc2ccc(/C=C/C(=O)OC)cc2)cc1.CF.COC(=O)/C=C/c1ccc(Cc2ccc(SC)cc2)cc1.[B]. The maximum absolute atomic E-state index is 11.0. The molecule has 4 aromatic carbocycles. The summed E-state index contributed by atoms with van der Waals surface area (Å²) in [7, 11) is 3.25. The number of carbonyl (C=O) groups excluding carboxylic acids is 2. The molecule has 0 bridgehead atoms. The van der Waals surface area contributed by atoms with Crippen molar-refractivity contribution in [2.45, 2.75) is 31.1 Å². The minimum Gasteiger partial charge on any atom is -0.466 e. The zero-order valence-electron chi connectivity index (χ0n) is 26.7. The van der Waals surface area contributed by atoms with Crippen molar-refractivity contribution in [2.24, 2.45) is 0 Å². The third-order valence-corrected chi connectivity index (χ3v) is 7.34. The van der Waals surface area contributed by atoms with E-state index in [1.807, 2.05) is 24.3 Å². The van der Waals surface area contributed by atoms with Gasteiger partial charge in [-0.25, -0.2) is 9.59 Å². The van der Waals surface area contributed by atoms with Gasteiger partial charge in [0.15, 0.2) is 0 Å². The Labute approximate surface area is 274 Å². The number of thioether (sulfide) groups is 1. The molecule has 0 N–H and O–H groups in total. The Morgan fingerprint density at radius 3 is 1.22 bits per heavy atom. The van der Waals surface area contributed by atoms with Crippen molar-refractivity contribution in [3.63, 3.8) is 0 Å². The molecular formula is C38H41BFO4S. The van der Waals surface area contributed by atoms with E-state index in [-0.39, 0.29) is 20.4 Å². The van der Waals surface area contributed by atoms with Crippen LogP contribution in [-0.2, 0) is 38.3 Å². The van der Waals surface area contributed by atoms with E-state index in [1.165, 1.54) is 59.1 Å². The van der Waals surface area contributed by atoms with Crippen LogP contribution in [0.4, 0.5) is 4.39 Å². The van der Waals surface area contributed by atoms with E-state index in [9.17, 15) is 14.0 Å². The molecule has 0 aromatic heterocycles. The van der Waals surface area contributed by atoms with Gasteiger partial charge in [-0.1, -0.05) is 91.9 Å². The molecule has 7 heteroatoms. The van der Waals surface area contributed by atoms with Gasteiger partial charge in [-0.3, -0.25) is 4.39 Å². The number of rotatable bonds is 10. The number of ether oxygens (including phenoxy) is 2. The zero-order valence-corrected chi connectivity index (χ0v) is 27.5. The Morgan fingerprint density at radius 1 is 0.600 bits per heavy atom. The summed E-state index contributed by atoms with van der Waals surface area (Å²) in [5.74, 6) is -0.678. The molecule has 0 fully saturated rings. The number of halogens is 1. The van der Waals surface area contributed by atoms with E-state index in [0.717, 1.165) is 30.4 Å². The van der Waals surface area contributed by atoms with Gasteiger partial charge in [-0.15, -0.1) is 11.8 Å². The molecule has 0 aliphatic carbocycles. The lowest BCUT2D eigenvalue weighted by Crippen LogP contribution is -1.93. The fraction of sp³-hybridized carbons (Fsp3) is 0.211. The maximum Gasteiger partial charge on any atom is 0.330 e. The molecule has 0 unspecified atom stereocenters. The predicted octanol–water partition coefficient (Wildman–Crippen LogP) is 8.42. The molecule has 4 aromatic rings. The smallest absolute Gasteiger partial charge is 0.330 e. The topological polar surface area (TPSA) is 52.6 Å². The van der Waals surface area contributed by atoms with Gasteiger partial charge >= 0.3 is 11.9 Å². The van der Waals surface area contributed by atoms with Gasteiger partial charge in [-0.05, 0) is 88.7 Å². The second-order valence-corrected chi connectivity index (χ2v) is 10.4. The summed E-state index contributed by atoms with van der Waals surface area (Å²) in [6.07, 6.45) is 11.3. The number of hydrogen-bond acceptors (Lipinski definition) is 5. The Hall–Kier alpha value is -4.36. The number of methoxy groups -OCH3 is 2. The molecule has 0 aliphatic heterocycles. The molecule has 3 radical (unpaired) electrons. The Morgan fingerprint density at radius 2 is 0.911 bits per heavy atom. The molecule has 0 spiro atoms. The van der Waals surface area contributed by atoms with Gasteiger partial charge < -0.3 is 9.47 Å². The number of carbonyl (C=O) groups is 2. The Balaban J connectivity index is 0.000000418. The average Bonchev–Trinajstić information content (AvgIpc) is 3.09. The van der Waals surface area contributed by atoms with Crippen LogP contribution >= 0.6 is 11.8 Å². The number of aryl methyl sites for hydroxylation is 1. The van der Waals surface area contributed by atoms with E-state index < -0.39 is 0 Å². The highest BCUT2D eigenvalue weighted by Crippen LogP contribution is 2.18. The van der Waals surface area contributed by atoms with Gasteiger partial charge in [0.1, 0.15) is 0 Å². The summed E-state index contributed by atoms with van der Waals surface area (Å²) < 4.78 is 18.6. The molecule has 233 valence electrons. The molecule has 0 atom stereocenters. The lowest BCUT2D eigenvalue weighted by Gasteiger charge is -2.04. The van der Waals surface area contributed by atoms with Crippen LogP contribution in [0.25, 0.3) is 12.2 Å². The van der Waals surface area contributed by atoms with Crippen LogP contribution in [0.2, 0.25) is 0 Å². The molecule has 4 nitrogen and oxygen atoms in total. The largest absolute Gasteiger partial charge is 0.466 e. The normalized spacial score (nSPS) is 10.2. The van der Waals surface area contributed by atoms with Gasteiger partial charge in [0, 0.05) is 25.5 Å². The van der Waals surface area contributed by atoms with Crippen LogP contribution in [0, 0.1) is 0 Å². The summed E-state index contributed by atoms with van der Waals surface area (Å²) in [5, 5.41) is 0. The average molecular weight is 624 g/mol. The van der Waals surface area contributed by atoms with Gasteiger partial charge in [-0.2, -0.15) is 0 Å². The van der Waals surface area contributed by atoms with E-state index in [0.29, 0.717) is 7.18 Å². The highest BCUT2D eigenvalue weighted by atomic mass is 32.2. The van der Waals surface area contributed by atoms with Crippen LogP contribution in [0.15, 0.2) is 114 Å². The van der Waals surface area contributed by atoms with Crippen molar-refractivity contribution < 1.29 is 23.5 Å². The van der Waals surface area contributed by atoms with Crippen molar-refractivity contribution in [1.82, 2.24) is 0 Å². The second kappa shape index (κ2) is 22.2. The van der Waals surface area contributed by atoms with E-state index >= 15 is 0 Å². The molecule has 45 heavy (non-hydrogen) atoms. The fourth-order valence-corrected chi connectivity index (χ4v) is 4.47. The summed E-state index contributed by atoms with van der Waals surface area (Å²) >= 11 is 1.75. The zero-order chi connectivity index (χ0) is 32.2. The third kappa shape index (κ3) is 14.8. The van der Waals surface area contributed by atoms with Crippen molar-refractivity contribution in [3.05, 3.63) is 148 Å². The number of alkyl halides is 1. The standard InChI is InChI=1S/C19H20O2.C18H18O2S.CH3F.B/c1-3-15-4-8-17(9-5-15)14-18-10-6-16(7-11-18)12-13-19(20)21-2;1-20-18(19)12-9-14-3-5-15(6-4-14)13-16-7-10-17(21-2)11-8-16;1-2;/h4-13H,3,14H2,1-2H3;3-12H,13H2,1-2H3;1H3;/b13-12+;12-9+;;. The van der Waals surface area contributed by atoms with Crippen molar-refractivity contribution >= 4 is 44.3 Å². The minimum atomic E-state index is -0.340. The van der Waals surface area contributed by atoms with Crippen LogP contribution in [0.1, 0.15) is 45.9 Å². The highest BCUT2D eigenvalue weighted by Gasteiger charge is 2.00. The first kappa shape index (κ1) is 38.7. The minimum absolute atomic E-state index is 0. The van der Waals surface area contributed by atoms with E-state index in [4.69, 9.17) is 0 Å². The van der Waals surface area contributed by atoms with Crippen molar-refractivity contribution in [2.75, 3.05) is 27.7 Å². The molecule has 0 saturated carbocycles. The van der Waals surface area contributed by atoms with Gasteiger partial charge in [0.05, 0.1) is 21.4 Å². The maximum atomic E-state index is 11.0. The number of hydrogen-bond donors (Lipinski definition) is 0. The molecule has 0 saturated heterocycles. The molecule has 0 heterocycles. The quantitative estimate of drug-likeness (QED) is 0.0769. The second-order valence-electron chi connectivity index (χ2n) is 9.57. The van der Waals surface area contributed by atoms with Crippen LogP contribution < -0.4 is 0 Å². The monoisotopic (exact) mass is 623 g/mol.